The van der Waals surface area contributed by atoms with Crippen LogP contribution < -0.4 is 0 Å². The summed E-state index contributed by atoms with van der Waals surface area (Å²) < 4.78 is 0. The first-order chi connectivity index (χ1) is 15.4. The fourth-order valence-corrected chi connectivity index (χ4v) is 3.20. The van der Waals surface area contributed by atoms with Crippen LogP contribution in [0.4, 0.5) is 0 Å². The topological polar surface area (TPSA) is 57.5 Å². The Morgan fingerprint density at radius 3 is 1.70 bits per heavy atom. The monoisotopic (exact) mass is 484 g/mol. The highest BCUT2D eigenvalue weighted by Crippen LogP contribution is 2.40. The van der Waals surface area contributed by atoms with E-state index in [0.717, 1.165) is 30.1 Å². The van der Waals surface area contributed by atoms with E-state index in [0.29, 0.717) is 5.92 Å². The van der Waals surface area contributed by atoms with Crippen molar-refractivity contribution >= 4 is 17.2 Å². The third-order valence-corrected chi connectivity index (χ3v) is 7.16. The Morgan fingerprint density at radius 1 is 1.06 bits per heavy atom. The molecular formula is C29H56O3S. The Morgan fingerprint density at radius 2 is 1.55 bits per heavy atom. The predicted octanol–water partition coefficient (Wildman–Crippen LogP) is 9.22. The van der Waals surface area contributed by atoms with Crippen molar-refractivity contribution in [1.82, 2.24) is 0 Å². The molecule has 3 nitrogen and oxygen atoms in total. The molecule has 1 rings (SSSR count). The number of carbonyl (C=O) groups is 1. The van der Waals surface area contributed by atoms with Gasteiger partial charge in [-0.15, -0.1) is 0 Å². The van der Waals surface area contributed by atoms with Gasteiger partial charge in [-0.2, -0.15) is 0 Å². The van der Waals surface area contributed by atoms with Crippen molar-refractivity contribution in [3.05, 3.63) is 57.6 Å². The van der Waals surface area contributed by atoms with Crippen LogP contribution >= 0.6 is 10.9 Å². The Balaban J connectivity index is -0.000000164. The van der Waals surface area contributed by atoms with Crippen molar-refractivity contribution < 1.29 is 15.0 Å². The maximum absolute atomic E-state index is 9.67. The van der Waals surface area contributed by atoms with Crippen molar-refractivity contribution in [3.8, 4) is 0 Å². The Labute approximate surface area is 209 Å². The number of aliphatic hydroxyl groups excluding tert-OH is 2. The standard InChI is InChI=1S/C9H16S.C5H12O.C5H10O.C5H8O.C5H10/c1-3-4-7-10-8-5-6-9(10)2;1-4(2)5(3)6;2*1-3-5(2)4-6;1-4-5(2)3/h5-6,8,10H,3-4,7H2,1-2H3;4-6H,1-3H3;4,6H,3H2,1-2H3;3-4H,1-2H3;4H,1-3H3. The summed E-state index contributed by atoms with van der Waals surface area (Å²) in [6.07, 6.45) is 13.8. The molecule has 0 fully saturated rings. The Bertz CT molecular complexity index is 584. The second kappa shape index (κ2) is 28.5. The summed E-state index contributed by atoms with van der Waals surface area (Å²) in [5.41, 5.74) is 3.19. The van der Waals surface area contributed by atoms with Gasteiger partial charge >= 0.3 is 0 Å². The van der Waals surface area contributed by atoms with E-state index in [-0.39, 0.29) is 17.0 Å². The third-order valence-electron chi connectivity index (χ3n) is 4.77. The number of aldehydes is 1. The first-order valence-electron chi connectivity index (χ1n) is 12.1. The van der Waals surface area contributed by atoms with E-state index in [9.17, 15) is 4.79 Å². The number of hydrogen-bond acceptors (Lipinski definition) is 3. The SMILES string of the molecule is CC(C)C(C)O.CC=C(C)C.CC=C(C)C=O.CCC(C)=CO.CCCC[SH]1C=CC=C1C. The summed E-state index contributed by atoms with van der Waals surface area (Å²) >= 11 is 0. The van der Waals surface area contributed by atoms with Crippen LogP contribution in [0.15, 0.2) is 57.6 Å². The van der Waals surface area contributed by atoms with Gasteiger partial charge in [0.2, 0.25) is 0 Å². The Kier molecular flexibility index (Phi) is 33.5. The molecule has 0 amide bonds. The zero-order valence-electron chi connectivity index (χ0n) is 23.8. The summed E-state index contributed by atoms with van der Waals surface area (Å²) in [6.45, 7) is 24.0. The summed E-state index contributed by atoms with van der Waals surface area (Å²) in [4.78, 5) is 11.3. The highest BCUT2D eigenvalue weighted by Gasteiger charge is 2.04. The lowest BCUT2D eigenvalue weighted by atomic mass is 10.1. The summed E-state index contributed by atoms with van der Waals surface area (Å²) in [7, 11) is 0.168. The second-order valence-electron chi connectivity index (χ2n) is 8.53. The van der Waals surface area contributed by atoms with E-state index in [2.05, 4.69) is 51.3 Å². The van der Waals surface area contributed by atoms with Gasteiger partial charge in [0.15, 0.2) is 0 Å². The minimum atomic E-state index is -0.148. The fraction of sp³-hybridized carbons (Fsp3) is 0.621. The number of thiol groups is 1. The van der Waals surface area contributed by atoms with Crippen LogP contribution in [0, 0.1) is 5.92 Å². The van der Waals surface area contributed by atoms with E-state index in [4.69, 9.17) is 10.2 Å². The van der Waals surface area contributed by atoms with Crippen molar-refractivity contribution in [1.29, 1.82) is 0 Å². The molecule has 1 heterocycles. The minimum absolute atomic E-state index is 0.148. The lowest BCUT2D eigenvalue weighted by Crippen LogP contribution is -2.07. The van der Waals surface area contributed by atoms with E-state index in [1.165, 1.54) is 24.2 Å². The van der Waals surface area contributed by atoms with Gasteiger partial charge < -0.3 is 10.2 Å². The fourth-order valence-electron chi connectivity index (χ4n) is 1.24. The lowest BCUT2D eigenvalue weighted by Gasteiger charge is -2.13. The zero-order chi connectivity index (χ0) is 26.8. The number of aliphatic hydroxyl groups is 2. The molecule has 0 aromatic carbocycles. The number of rotatable bonds is 6. The van der Waals surface area contributed by atoms with Gasteiger partial charge in [0.1, 0.15) is 6.29 Å². The summed E-state index contributed by atoms with van der Waals surface area (Å²) in [6, 6.07) is 0. The van der Waals surface area contributed by atoms with Crippen LogP contribution in [-0.2, 0) is 4.79 Å². The van der Waals surface area contributed by atoms with E-state index in [1.807, 2.05) is 41.5 Å². The van der Waals surface area contributed by atoms with Crippen LogP contribution in [0.5, 0.6) is 0 Å². The van der Waals surface area contributed by atoms with Gasteiger partial charge in [-0.05, 0) is 101 Å². The quantitative estimate of drug-likeness (QED) is 0.116. The smallest absolute Gasteiger partial charge is 0.145 e. The van der Waals surface area contributed by atoms with Gasteiger partial charge in [-0.25, -0.2) is 10.9 Å². The molecule has 0 aromatic heterocycles. The molecule has 1 aliphatic heterocycles. The third kappa shape index (κ3) is 35.3. The summed E-state index contributed by atoms with van der Waals surface area (Å²) in [5, 5.41) is 19.2. The number of unbranched alkanes of at least 4 members (excludes halogenated alkanes) is 1. The summed E-state index contributed by atoms with van der Waals surface area (Å²) in [5.74, 6) is 1.81. The highest BCUT2D eigenvalue weighted by molar-refractivity contribution is 8.23. The molecule has 2 N–H and O–H groups in total. The molecule has 0 aromatic rings. The second-order valence-corrected chi connectivity index (χ2v) is 10.9. The zero-order valence-corrected chi connectivity index (χ0v) is 24.7. The number of carbonyl (C=O) groups excluding carboxylic acids is 1. The lowest BCUT2D eigenvalue weighted by molar-refractivity contribution is -0.104. The van der Waals surface area contributed by atoms with Gasteiger partial charge in [0, 0.05) is 0 Å². The molecule has 4 heteroatoms. The first kappa shape index (κ1) is 38.7. The van der Waals surface area contributed by atoms with Crippen LogP contribution in [0.1, 0.15) is 102 Å². The number of allylic oxidation sites excluding steroid dienone is 8. The van der Waals surface area contributed by atoms with Crippen molar-refractivity contribution in [3.63, 3.8) is 0 Å². The minimum Gasteiger partial charge on any atom is -0.516 e. The van der Waals surface area contributed by atoms with Gasteiger partial charge in [-0.3, -0.25) is 4.79 Å². The molecule has 0 aliphatic carbocycles. The van der Waals surface area contributed by atoms with E-state index in [1.54, 1.807) is 24.8 Å². The van der Waals surface area contributed by atoms with Gasteiger partial charge in [0.05, 0.1) is 12.4 Å². The molecule has 196 valence electrons. The highest BCUT2D eigenvalue weighted by atomic mass is 32.2. The molecule has 2 atom stereocenters. The van der Waals surface area contributed by atoms with Crippen LogP contribution in [-0.4, -0.2) is 28.4 Å². The van der Waals surface area contributed by atoms with Gasteiger partial charge in [0.25, 0.3) is 0 Å². The van der Waals surface area contributed by atoms with Crippen molar-refractivity contribution in [2.45, 2.75) is 108 Å². The maximum Gasteiger partial charge on any atom is 0.145 e. The van der Waals surface area contributed by atoms with E-state index >= 15 is 0 Å². The molecular weight excluding hydrogens is 428 g/mol. The molecule has 0 bridgehead atoms. The normalized spacial score (nSPS) is 16.3. The van der Waals surface area contributed by atoms with Gasteiger partial charge in [-0.1, -0.05) is 64.0 Å². The average Bonchev–Trinajstić information content (AvgIpc) is 3.22. The molecule has 0 radical (unpaired) electrons. The van der Waals surface area contributed by atoms with Crippen molar-refractivity contribution in [2.75, 3.05) is 5.75 Å². The largest absolute Gasteiger partial charge is 0.516 e. The van der Waals surface area contributed by atoms with E-state index < -0.39 is 0 Å². The van der Waals surface area contributed by atoms with Crippen molar-refractivity contribution in [2.24, 2.45) is 5.92 Å². The van der Waals surface area contributed by atoms with Crippen LogP contribution in [0.3, 0.4) is 0 Å². The predicted molar refractivity (Wildman–Crippen MR) is 155 cm³/mol. The molecule has 33 heavy (non-hydrogen) atoms. The molecule has 2 unspecified atom stereocenters. The molecule has 0 saturated carbocycles. The van der Waals surface area contributed by atoms with Crippen LogP contribution in [0.2, 0.25) is 0 Å². The van der Waals surface area contributed by atoms with Crippen LogP contribution in [0.25, 0.3) is 0 Å². The number of hydrogen-bond donors (Lipinski definition) is 3. The Hall–Kier alpha value is -1.52. The molecule has 0 spiro atoms. The maximum atomic E-state index is 9.67. The molecule has 1 aliphatic rings. The first-order valence-corrected chi connectivity index (χ1v) is 13.7. The average molecular weight is 485 g/mol. The molecule has 0 saturated heterocycles.